The van der Waals surface area contributed by atoms with Crippen molar-refractivity contribution < 1.29 is 24.2 Å². The molecule has 1 fully saturated rings. The van der Waals surface area contributed by atoms with Crippen LogP contribution in [0.2, 0.25) is 5.02 Å². The molecule has 0 unspecified atom stereocenters. The number of carbonyl (C=O) groups is 2. The zero-order valence-corrected chi connectivity index (χ0v) is 13.7. The lowest BCUT2D eigenvalue weighted by atomic mass is 10.1. The van der Waals surface area contributed by atoms with Crippen molar-refractivity contribution in [3.8, 4) is 5.75 Å². The molecular formula is C16H20ClNO5. The minimum Gasteiger partial charge on any atom is -0.493 e. The molecule has 0 radical (unpaired) electrons. The van der Waals surface area contributed by atoms with Crippen LogP contribution in [0.4, 0.5) is 0 Å². The van der Waals surface area contributed by atoms with Crippen LogP contribution in [0, 0.1) is 0 Å². The van der Waals surface area contributed by atoms with E-state index in [1.165, 1.54) is 0 Å². The van der Waals surface area contributed by atoms with Crippen LogP contribution in [0.15, 0.2) is 18.2 Å². The van der Waals surface area contributed by atoms with Gasteiger partial charge in [-0.05, 0) is 24.6 Å². The van der Waals surface area contributed by atoms with Gasteiger partial charge in [-0.2, -0.15) is 0 Å². The lowest BCUT2D eigenvalue weighted by Crippen LogP contribution is -2.46. The first kappa shape index (κ1) is 17.6. The molecule has 23 heavy (non-hydrogen) atoms. The summed E-state index contributed by atoms with van der Waals surface area (Å²) in [4.78, 5) is 25.1. The topological polar surface area (TPSA) is 76.1 Å². The number of rotatable bonds is 6. The SMILES string of the molecule is CCCOc1ccc(Cl)cc1C(=O)N1CCO[C@H](CC(=O)O)C1. The first-order chi connectivity index (χ1) is 11.0. The molecule has 0 spiro atoms. The molecule has 1 aromatic rings. The normalized spacial score (nSPS) is 17.8. The molecule has 7 heteroatoms. The summed E-state index contributed by atoms with van der Waals surface area (Å²) in [5.74, 6) is -0.682. The molecule has 1 atom stereocenters. The van der Waals surface area contributed by atoms with E-state index in [0.29, 0.717) is 36.1 Å². The van der Waals surface area contributed by atoms with Crippen molar-refractivity contribution >= 4 is 23.5 Å². The highest BCUT2D eigenvalue weighted by molar-refractivity contribution is 6.31. The number of nitrogens with zero attached hydrogens (tertiary/aromatic N) is 1. The molecule has 1 aromatic carbocycles. The fourth-order valence-corrected chi connectivity index (χ4v) is 2.57. The Balaban J connectivity index is 2.15. The molecule has 1 saturated heterocycles. The maximum atomic E-state index is 12.8. The molecule has 0 saturated carbocycles. The summed E-state index contributed by atoms with van der Waals surface area (Å²) < 4.78 is 11.0. The Bertz CT molecular complexity index is 578. The van der Waals surface area contributed by atoms with Crippen LogP contribution in [0.3, 0.4) is 0 Å². The van der Waals surface area contributed by atoms with Gasteiger partial charge in [0.2, 0.25) is 0 Å². The minimum absolute atomic E-state index is 0.126. The summed E-state index contributed by atoms with van der Waals surface area (Å²) in [6.45, 7) is 3.46. The smallest absolute Gasteiger partial charge is 0.306 e. The summed E-state index contributed by atoms with van der Waals surface area (Å²) >= 11 is 6.00. The third-order valence-corrected chi connectivity index (χ3v) is 3.70. The van der Waals surface area contributed by atoms with Gasteiger partial charge in [-0.15, -0.1) is 0 Å². The first-order valence-corrected chi connectivity index (χ1v) is 7.94. The maximum absolute atomic E-state index is 12.8. The van der Waals surface area contributed by atoms with E-state index < -0.39 is 12.1 Å². The monoisotopic (exact) mass is 341 g/mol. The molecule has 0 bridgehead atoms. The number of carboxylic acids is 1. The van der Waals surface area contributed by atoms with Gasteiger partial charge in [-0.3, -0.25) is 9.59 Å². The average molecular weight is 342 g/mol. The molecular weight excluding hydrogens is 322 g/mol. The average Bonchev–Trinajstić information content (AvgIpc) is 2.52. The van der Waals surface area contributed by atoms with E-state index in [0.717, 1.165) is 6.42 Å². The van der Waals surface area contributed by atoms with Gasteiger partial charge >= 0.3 is 5.97 Å². The number of aliphatic carboxylic acids is 1. The van der Waals surface area contributed by atoms with Gasteiger partial charge < -0.3 is 19.5 Å². The zero-order chi connectivity index (χ0) is 16.8. The number of hydrogen-bond donors (Lipinski definition) is 1. The summed E-state index contributed by atoms with van der Waals surface area (Å²) in [6, 6.07) is 4.94. The lowest BCUT2D eigenvalue weighted by Gasteiger charge is -2.32. The highest BCUT2D eigenvalue weighted by atomic mass is 35.5. The van der Waals surface area contributed by atoms with Gasteiger partial charge in [-0.25, -0.2) is 0 Å². The second-order valence-corrected chi connectivity index (χ2v) is 5.77. The number of hydrogen-bond acceptors (Lipinski definition) is 4. The summed E-state index contributed by atoms with van der Waals surface area (Å²) in [6.07, 6.45) is 0.205. The molecule has 1 N–H and O–H groups in total. The number of morpholine rings is 1. The second-order valence-electron chi connectivity index (χ2n) is 5.33. The van der Waals surface area contributed by atoms with Crippen molar-refractivity contribution in [1.82, 2.24) is 4.90 Å². The van der Waals surface area contributed by atoms with E-state index in [2.05, 4.69) is 0 Å². The summed E-state index contributed by atoms with van der Waals surface area (Å²) in [5, 5.41) is 9.32. The van der Waals surface area contributed by atoms with Crippen molar-refractivity contribution in [2.24, 2.45) is 0 Å². The van der Waals surface area contributed by atoms with Crippen molar-refractivity contribution in [3.05, 3.63) is 28.8 Å². The fourth-order valence-electron chi connectivity index (χ4n) is 2.40. The van der Waals surface area contributed by atoms with E-state index in [-0.39, 0.29) is 18.9 Å². The van der Waals surface area contributed by atoms with E-state index in [9.17, 15) is 9.59 Å². The molecule has 1 amide bonds. The second kappa shape index (κ2) is 8.17. The highest BCUT2D eigenvalue weighted by Gasteiger charge is 2.28. The Hall–Kier alpha value is -1.79. The lowest BCUT2D eigenvalue weighted by molar-refractivity contribution is -0.141. The Morgan fingerprint density at radius 2 is 2.26 bits per heavy atom. The Morgan fingerprint density at radius 3 is 2.96 bits per heavy atom. The summed E-state index contributed by atoms with van der Waals surface area (Å²) in [5.41, 5.74) is 0.391. The third kappa shape index (κ3) is 4.84. The summed E-state index contributed by atoms with van der Waals surface area (Å²) in [7, 11) is 0. The Kier molecular flexibility index (Phi) is 6.24. The number of halogens is 1. The van der Waals surface area contributed by atoms with E-state index >= 15 is 0 Å². The number of carboxylic acid groups (broad SMARTS) is 1. The number of ether oxygens (including phenoxy) is 2. The van der Waals surface area contributed by atoms with Crippen LogP contribution in [0.25, 0.3) is 0 Å². The number of amides is 1. The molecule has 0 aromatic heterocycles. The third-order valence-electron chi connectivity index (χ3n) is 3.46. The Morgan fingerprint density at radius 1 is 1.48 bits per heavy atom. The van der Waals surface area contributed by atoms with Gasteiger partial charge in [0.15, 0.2) is 0 Å². The van der Waals surface area contributed by atoms with Crippen LogP contribution in [0.1, 0.15) is 30.1 Å². The van der Waals surface area contributed by atoms with Crippen LogP contribution in [-0.4, -0.2) is 54.3 Å². The van der Waals surface area contributed by atoms with E-state index in [1.54, 1.807) is 23.1 Å². The Labute approximate surface area is 139 Å². The zero-order valence-electron chi connectivity index (χ0n) is 13.0. The molecule has 6 nitrogen and oxygen atoms in total. The van der Waals surface area contributed by atoms with E-state index in [1.807, 2.05) is 6.92 Å². The molecule has 1 aliphatic rings. The minimum atomic E-state index is -0.945. The number of carbonyl (C=O) groups excluding carboxylic acids is 1. The molecule has 1 aliphatic heterocycles. The van der Waals surface area contributed by atoms with Gasteiger partial charge in [0, 0.05) is 18.1 Å². The van der Waals surface area contributed by atoms with Gasteiger partial charge in [-0.1, -0.05) is 18.5 Å². The number of benzene rings is 1. The van der Waals surface area contributed by atoms with Crippen molar-refractivity contribution in [3.63, 3.8) is 0 Å². The van der Waals surface area contributed by atoms with E-state index in [4.69, 9.17) is 26.2 Å². The first-order valence-electron chi connectivity index (χ1n) is 7.56. The van der Waals surface area contributed by atoms with Gasteiger partial charge in [0.25, 0.3) is 5.91 Å². The van der Waals surface area contributed by atoms with Gasteiger partial charge in [0.05, 0.1) is 31.3 Å². The largest absolute Gasteiger partial charge is 0.493 e. The van der Waals surface area contributed by atoms with Crippen LogP contribution >= 0.6 is 11.6 Å². The van der Waals surface area contributed by atoms with Gasteiger partial charge in [0.1, 0.15) is 5.75 Å². The van der Waals surface area contributed by atoms with Crippen molar-refractivity contribution in [2.45, 2.75) is 25.9 Å². The van der Waals surface area contributed by atoms with Crippen LogP contribution in [-0.2, 0) is 9.53 Å². The van der Waals surface area contributed by atoms with Crippen LogP contribution < -0.4 is 4.74 Å². The van der Waals surface area contributed by atoms with Crippen molar-refractivity contribution in [2.75, 3.05) is 26.3 Å². The molecule has 2 rings (SSSR count). The predicted molar refractivity (Wildman–Crippen MR) is 85.1 cm³/mol. The van der Waals surface area contributed by atoms with Crippen LogP contribution in [0.5, 0.6) is 5.75 Å². The standard InChI is InChI=1S/C16H20ClNO5/c1-2-6-23-14-4-3-11(17)8-13(14)16(21)18-5-7-22-12(10-18)9-15(19)20/h3-4,8,12H,2,5-7,9-10H2,1H3,(H,19,20)/t12-/m1/s1. The fraction of sp³-hybridized carbons (Fsp3) is 0.500. The van der Waals surface area contributed by atoms with Crippen molar-refractivity contribution in [1.29, 1.82) is 0 Å². The molecule has 1 heterocycles. The predicted octanol–water partition coefficient (Wildman–Crippen LogP) is 2.44. The molecule has 126 valence electrons. The quantitative estimate of drug-likeness (QED) is 0.860. The highest BCUT2D eigenvalue weighted by Crippen LogP contribution is 2.25. The molecule has 0 aliphatic carbocycles. The maximum Gasteiger partial charge on any atom is 0.306 e.